The summed E-state index contributed by atoms with van der Waals surface area (Å²) in [5.74, 6) is -0.0997. The molecule has 0 saturated heterocycles. The molecule has 2 aromatic heterocycles. The van der Waals surface area contributed by atoms with Crippen LogP contribution in [0.4, 0.5) is 0 Å². The van der Waals surface area contributed by atoms with Gasteiger partial charge in [-0.3, -0.25) is 4.79 Å². The molecule has 0 saturated carbocycles. The zero-order chi connectivity index (χ0) is 17.1. The number of carbonyl (C=O) groups excluding carboxylic acids is 1. The summed E-state index contributed by atoms with van der Waals surface area (Å²) in [4.78, 5) is 19.6. The normalized spacial score (nSPS) is 10.9. The van der Waals surface area contributed by atoms with Crippen LogP contribution in [0.3, 0.4) is 0 Å². The second kappa shape index (κ2) is 6.60. The average molecular weight is 331 g/mol. The third kappa shape index (κ3) is 3.14. The fourth-order valence-electron chi connectivity index (χ4n) is 2.80. The van der Waals surface area contributed by atoms with Crippen LogP contribution in [0.2, 0.25) is 0 Å². The fourth-order valence-corrected chi connectivity index (χ4v) is 2.80. The molecular formula is C19H17N5O. The Balaban J connectivity index is 1.39. The van der Waals surface area contributed by atoms with Crippen LogP contribution in [-0.2, 0) is 6.42 Å². The van der Waals surface area contributed by atoms with Crippen molar-refractivity contribution >= 4 is 16.8 Å². The standard InChI is InChI=1S/C19H17N5O/c25-19(18-22-13-24(23-18)15-6-2-1-3-7-15)20-11-10-14-12-21-17-9-5-4-8-16(14)17/h1-9,12-13,21H,10-11H2,(H,20,25). The van der Waals surface area contributed by atoms with E-state index >= 15 is 0 Å². The van der Waals surface area contributed by atoms with Gasteiger partial charge in [0, 0.05) is 23.6 Å². The van der Waals surface area contributed by atoms with E-state index in [-0.39, 0.29) is 11.7 Å². The molecule has 4 rings (SSSR count). The molecule has 0 unspecified atom stereocenters. The van der Waals surface area contributed by atoms with Crippen molar-refractivity contribution in [2.24, 2.45) is 0 Å². The van der Waals surface area contributed by atoms with Gasteiger partial charge in [-0.2, -0.15) is 0 Å². The summed E-state index contributed by atoms with van der Waals surface area (Å²) in [5.41, 5.74) is 3.15. The number of H-pyrrole nitrogens is 1. The minimum Gasteiger partial charge on any atom is -0.361 e. The van der Waals surface area contributed by atoms with Crippen molar-refractivity contribution in [3.8, 4) is 5.69 Å². The van der Waals surface area contributed by atoms with Gasteiger partial charge in [0.2, 0.25) is 5.82 Å². The van der Waals surface area contributed by atoms with E-state index in [4.69, 9.17) is 0 Å². The first kappa shape index (κ1) is 15.1. The second-order valence-electron chi connectivity index (χ2n) is 5.71. The summed E-state index contributed by atoms with van der Waals surface area (Å²) in [6, 6.07) is 17.7. The van der Waals surface area contributed by atoms with Crippen LogP contribution >= 0.6 is 0 Å². The van der Waals surface area contributed by atoms with Crippen LogP contribution in [0.25, 0.3) is 16.6 Å². The maximum absolute atomic E-state index is 12.2. The Morgan fingerprint density at radius 2 is 1.88 bits per heavy atom. The molecule has 6 nitrogen and oxygen atoms in total. The molecule has 1 amide bonds. The Labute approximate surface area is 144 Å². The molecule has 4 aromatic rings. The summed E-state index contributed by atoms with van der Waals surface area (Å²) >= 11 is 0. The maximum atomic E-state index is 12.2. The van der Waals surface area contributed by atoms with Gasteiger partial charge in [-0.05, 0) is 30.2 Å². The summed E-state index contributed by atoms with van der Waals surface area (Å²) in [7, 11) is 0. The lowest BCUT2D eigenvalue weighted by Crippen LogP contribution is -2.26. The molecule has 124 valence electrons. The number of aromatic amines is 1. The number of aromatic nitrogens is 4. The number of rotatable bonds is 5. The van der Waals surface area contributed by atoms with Crippen LogP contribution < -0.4 is 5.32 Å². The first-order chi connectivity index (χ1) is 12.3. The van der Waals surface area contributed by atoms with Crippen molar-refractivity contribution in [3.63, 3.8) is 0 Å². The van der Waals surface area contributed by atoms with E-state index in [1.165, 1.54) is 10.9 Å². The number of nitrogens with zero attached hydrogens (tertiary/aromatic N) is 3. The van der Waals surface area contributed by atoms with Crippen LogP contribution in [0.15, 0.2) is 67.1 Å². The molecule has 0 atom stereocenters. The molecule has 0 bridgehead atoms. The summed E-state index contributed by atoms with van der Waals surface area (Å²) in [6.45, 7) is 0.528. The Kier molecular flexibility index (Phi) is 4.00. The van der Waals surface area contributed by atoms with Gasteiger partial charge in [0.05, 0.1) is 5.69 Å². The highest BCUT2D eigenvalue weighted by molar-refractivity contribution is 5.90. The lowest BCUT2D eigenvalue weighted by atomic mass is 10.1. The summed E-state index contributed by atoms with van der Waals surface area (Å²) in [5, 5.41) is 8.29. The number of para-hydroxylation sites is 2. The number of amides is 1. The Morgan fingerprint density at radius 3 is 2.76 bits per heavy atom. The molecule has 2 N–H and O–H groups in total. The van der Waals surface area contributed by atoms with E-state index in [1.807, 2.05) is 54.7 Å². The van der Waals surface area contributed by atoms with E-state index in [0.717, 1.165) is 17.6 Å². The third-order valence-corrected chi connectivity index (χ3v) is 4.07. The fraction of sp³-hybridized carbons (Fsp3) is 0.105. The predicted molar refractivity (Wildman–Crippen MR) is 95.7 cm³/mol. The molecule has 0 spiro atoms. The molecule has 2 heterocycles. The molecule has 0 aliphatic heterocycles. The van der Waals surface area contributed by atoms with Crippen LogP contribution in [0.1, 0.15) is 16.2 Å². The van der Waals surface area contributed by atoms with E-state index in [0.29, 0.717) is 6.54 Å². The number of fused-ring (bicyclic) bond motifs is 1. The molecular weight excluding hydrogens is 314 g/mol. The van der Waals surface area contributed by atoms with Gasteiger partial charge >= 0.3 is 0 Å². The van der Waals surface area contributed by atoms with Gasteiger partial charge in [0.25, 0.3) is 5.91 Å². The lowest BCUT2D eigenvalue weighted by molar-refractivity contribution is 0.0944. The first-order valence-corrected chi connectivity index (χ1v) is 8.11. The SMILES string of the molecule is O=C(NCCc1c[nH]c2ccccc12)c1ncn(-c2ccccc2)n1. The van der Waals surface area contributed by atoms with Crippen molar-refractivity contribution in [1.82, 2.24) is 25.1 Å². The number of hydrogen-bond acceptors (Lipinski definition) is 3. The molecule has 25 heavy (non-hydrogen) atoms. The minimum absolute atomic E-state index is 0.169. The third-order valence-electron chi connectivity index (χ3n) is 4.07. The number of hydrogen-bond donors (Lipinski definition) is 2. The average Bonchev–Trinajstić information content (AvgIpc) is 3.30. The number of benzene rings is 2. The molecule has 0 fully saturated rings. The monoisotopic (exact) mass is 331 g/mol. The van der Waals surface area contributed by atoms with Gasteiger partial charge in [-0.15, -0.1) is 5.10 Å². The Bertz CT molecular complexity index is 1000. The van der Waals surface area contributed by atoms with Gasteiger partial charge in [0.15, 0.2) is 0 Å². The molecule has 6 heteroatoms. The topological polar surface area (TPSA) is 75.6 Å². The van der Waals surface area contributed by atoms with Crippen molar-refractivity contribution in [1.29, 1.82) is 0 Å². The Hall–Kier alpha value is -3.41. The van der Waals surface area contributed by atoms with E-state index < -0.39 is 0 Å². The van der Waals surface area contributed by atoms with Crippen LogP contribution in [0.5, 0.6) is 0 Å². The first-order valence-electron chi connectivity index (χ1n) is 8.11. The van der Waals surface area contributed by atoms with Crippen molar-refractivity contribution in [3.05, 3.63) is 78.5 Å². The van der Waals surface area contributed by atoms with E-state index in [9.17, 15) is 4.79 Å². The molecule has 0 aliphatic rings. The molecule has 0 aliphatic carbocycles. The van der Waals surface area contributed by atoms with Crippen LogP contribution in [-0.4, -0.2) is 32.2 Å². The minimum atomic E-state index is -0.269. The summed E-state index contributed by atoms with van der Waals surface area (Å²) in [6.07, 6.45) is 4.28. The molecule has 0 radical (unpaired) electrons. The highest BCUT2D eigenvalue weighted by Crippen LogP contribution is 2.17. The van der Waals surface area contributed by atoms with Crippen molar-refractivity contribution < 1.29 is 4.79 Å². The highest BCUT2D eigenvalue weighted by Gasteiger charge is 2.12. The Morgan fingerprint density at radius 1 is 1.08 bits per heavy atom. The number of carbonyl (C=O) groups is 1. The molecule has 2 aromatic carbocycles. The smallest absolute Gasteiger partial charge is 0.290 e. The van der Waals surface area contributed by atoms with Crippen LogP contribution in [0, 0.1) is 0 Å². The number of nitrogens with one attached hydrogen (secondary N) is 2. The van der Waals surface area contributed by atoms with Gasteiger partial charge in [-0.1, -0.05) is 36.4 Å². The quantitative estimate of drug-likeness (QED) is 0.590. The lowest BCUT2D eigenvalue weighted by Gasteiger charge is -2.02. The predicted octanol–water partition coefficient (Wildman–Crippen LogP) is 2.72. The highest BCUT2D eigenvalue weighted by atomic mass is 16.2. The van der Waals surface area contributed by atoms with E-state index in [2.05, 4.69) is 26.4 Å². The van der Waals surface area contributed by atoms with E-state index in [1.54, 1.807) is 11.0 Å². The maximum Gasteiger partial charge on any atom is 0.290 e. The largest absolute Gasteiger partial charge is 0.361 e. The van der Waals surface area contributed by atoms with Gasteiger partial charge in [0.1, 0.15) is 6.33 Å². The van der Waals surface area contributed by atoms with Crippen molar-refractivity contribution in [2.75, 3.05) is 6.54 Å². The van der Waals surface area contributed by atoms with Crippen molar-refractivity contribution in [2.45, 2.75) is 6.42 Å². The van der Waals surface area contributed by atoms with Gasteiger partial charge < -0.3 is 10.3 Å². The summed E-state index contributed by atoms with van der Waals surface area (Å²) < 4.78 is 1.59. The zero-order valence-corrected chi connectivity index (χ0v) is 13.5. The second-order valence-corrected chi connectivity index (χ2v) is 5.71. The zero-order valence-electron chi connectivity index (χ0n) is 13.5. The van der Waals surface area contributed by atoms with Gasteiger partial charge in [-0.25, -0.2) is 9.67 Å².